The molecule has 5 heteroatoms. The zero-order valence-corrected chi connectivity index (χ0v) is 26.6. The number of aliphatic imine (C=N–C) groups is 1. The van der Waals surface area contributed by atoms with E-state index >= 15 is 0 Å². The molecular weight excluding hydrogens is 499 g/mol. The summed E-state index contributed by atoms with van der Waals surface area (Å²) in [6.45, 7) is 21.2. The van der Waals surface area contributed by atoms with E-state index in [1.54, 1.807) is 12.1 Å². The number of Topliss-reactive ketones (excluding diaryl/α,β-unsaturated/α-hetero) is 1. The van der Waals surface area contributed by atoms with Gasteiger partial charge in [-0.05, 0) is 87.8 Å². The molecule has 0 aromatic heterocycles. The molecule has 0 bridgehead atoms. The Morgan fingerprint density at radius 3 is 2.27 bits per heavy atom. The molecule has 40 heavy (non-hydrogen) atoms. The van der Waals surface area contributed by atoms with Crippen molar-refractivity contribution in [3.8, 4) is 5.75 Å². The summed E-state index contributed by atoms with van der Waals surface area (Å²) in [7, 11) is 0. The molecule has 1 aromatic rings. The van der Waals surface area contributed by atoms with Gasteiger partial charge in [0.2, 0.25) is 0 Å². The van der Waals surface area contributed by atoms with E-state index in [-0.39, 0.29) is 18.0 Å². The van der Waals surface area contributed by atoms with Crippen molar-refractivity contribution in [1.82, 2.24) is 4.90 Å². The molecule has 0 radical (unpaired) electrons. The molecule has 0 N–H and O–H groups in total. The lowest BCUT2D eigenvalue weighted by molar-refractivity contribution is -0.116. The molecule has 1 atom stereocenters. The van der Waals surface area contributed by atoms with Gasteiger partial charge in [-0.2, -0.15) is 0 Å². The van der Waals surface area contributed by atoms with Crippen LogP contribution in [0.2, 0.25) is 0 Å². The predicted octanol–water partition coefficient (Wildman–Crippen LogP) is 9.59. The number of hydrogen-bond donors (Lipinski definition) is 0. The molecule has 2 fully saturated rings. The second-order valence-electron chi connectivity index (χ2n) is 11.3. The minimum absolute atomic E-state index is 0.0481. The molecule has 1 saturated heterocycles. The van der Waals surface area contributed by atoms with E-state index in [1.165, 1.54) is 69.9 Å². The number of hydrogen-bond acceptors (Lipinski definition) is 4. The Labute approximate surface area is 245 Å². The van der Waals surface area contributed by atoms with E-state index in [0.29, 0.717) is 17.9 Å². The number of likely N-dealkylation sites (tertiary alicyclic amines) is 1. The van der Waals surface area contributed by atoms with Gasteiger partial charge in [-0.3, -0.25) is 4.79 Å². The third-order valence-electron chi connectivity index (χ3n) is 7.87. The molecule has 1 unspecified atom stereocenters. The Morgan fingerprint density at radius 1 is 1.15 bits per heavy atom. The molecule has 1 aromatic carbocycles. The van der Waals surface area contributed by atoms with E-state index in [4.69, 9.17) is 4.74 Å². The van der Waals surface area contributed by atoms with Gasteiger partial charge in [0.25, 0.3) is 0 Å². The van der Waals surface area contributed by atoms with Crippen LogP contribution < -0.4 is 4.74 Å². The maximum atomic E-state index is 13.3. The number of halogens is 1. The fourth-order valence-corrected chi connectivity index (χ4v) is 4.76. The monoisotopic (exact) mass is 556 g/mol. The van der Waals surface area contributed by atoms with Crippen LogP contribution in [-0.2, 0) is 11.2 Å². The van der Waals surface area contributed by atoms with Crippen molar-refractivity contribution in [1.29, 1.82) is 0 Å². The summed E-state index contributed by atoms with van der Waals surface area (Å²) < 4.78 is 18.4. The molecule has 1 aliphatic heterocycles. The van der Waals surface area contributed by atoms with E-state index in [1.807, 2.05) is 13.1 Å². The minimum Gasteiger partial charge on any atom is -0.494 e. The van der Waals surface area contributed by atoms with Crippen molar-refractivity contribution in [3.05, 3.63) is 53.6 Å². The topological polar surface area (TPSA) is 41.9 Å². The lowest BCUT2D eigenvalue weighted by Gasteiger charge is -2.33. The Morgan fingerprint density at radius 2 is 1.80 bits per heavy atom. The Hall–Kier alpha value is -2.43. The number of carbonyl (C=O) groups excluding carboxylic acids is 1. The van der Waals surface area contributed by atoms with E-state index in [2.05, 4.69) is 57.2 Å². The highest BCUT2D eigenvalue weighted by Gasteiger charge is 2.33. The van der Waals surface area contributed by atoms with Crippen LogP contribution in [0.25, 0.3) is 0 Å². The van der Waals surface area contributed by atoms with E-state index < -0.39 is 0 Å². The Bertz CT molecular complexity index is 927. The summed E-state index contributed by atoms with van der Waals surface area (Å²) in [5, 5.41) is 0. The van der Waals surface area contributed by atoms with Gasteiger partial charge in [-0.25, -0.2) is 9.38 Å². The average Bonchev–Trinajstić information content (AvgIpc) is 3.80. The zero-order chi connectivity index (χ0) is 29.9. The summed E-state index contributed by atoms with van der Waals surface area (Å²) in [6, 6.07) is 4.56. The van der Waals surface area contributed by atoms with Gasteiger partial charge in [0.1, 0.15) is 23.2 Å². The minimum atomic E-state index is -0.383. The average molecular weight is 557 g/mol. The van der Waals surface area contributed by atoms with Crippen LogP contribution in [0.3, 0.4) is 0 Å². The van der Waals surface area contributed by atoms with Crippen LogP contribution in [0, 0.1) is 23.6 Å². The third-order valence-corrected chi connectivity index (χ3v) is 7.87. The normalized spacial score (nSPS) is 16.5. The van der Waals surface area contributed by atoms with Crippen molar-refractivity contribution < 1.29 is 13.9 Å². The highest BCUT2D eigenvalue weighted by molar-refractivity contribution is 5.79. The Kier molecular flexibility index (Phi) is 18.2. The molecule has 3 rings (SSSR count). The summed E-state index contributed by atoms with van der Waals surface area (Å²) >= 11 is 0. The van der Waals surface area contributed by atoms with Gasteiger partial charge in [0.05, 0.1) is 6.61 Å². The van der Waals surface area contributed by atoms with Gasteiger partial charge >= 0.3 is 0 Å². The number of ketones is 1. The molecule has 0 spiro atoms. The number of nitrogens with zero attached hydrogens (tertiary/aromatic N) is 2. The van der Waals surface area contributed by atoms with Crippen molar-refractivity contribution in [2.24, 2.45) is 22.7 Å². The van der Waals surface area contributed by atoms with Gasteiger partial charge in [0.15, 0.2) is 0 Å². The van der Waals surface area contributed by atoms with Crippen LogP contribution in [0.5, 0.6) is 5.75 Å². The van der Waals surface area contributed by atoms with Gasteiger partial charge < -0.3 is 9.64 Å². The van der Waals surface area contributed by atoms with Crippen LogP contribution in [-0.4, -0.2) is 36.6 Å². The quantitative estimate of drug-likeness (QED) is 0.227. The molecule has 1 aliphatic carbocycles. The second-order valence-corrected chi connectivity index (χ2v) is 11.3. The number of allylic oxidation sites excluding steroid dienone is 2. The van der Waals surface area contributed by atoms with E-state index in [9.17, 15) is 9.18 Å². The fourth-order valence-electron chi connectivity index (χ4n) is 4.76. The van der Waals surface area contributed by atoms with Gasteiger partial charge in [0, 0.05) is 31.8 Å². The first-order valence-corrected chi connectivity index (χ1v) is 15.7. The first kappa shape index (κ1) is 35.6. The second kappa shape index (κ2) is 20.4. The van der Waals surface area contributed by atoms with Crippen LogP contribution in [0.4, 0.5) is 4.39 Å². The maximum Gasteiger partial charge on any atom is 0.134 e. The number of benzene rings is 1. The lowest BCUT2D eigenvalue weighted by atomic mass is 9.92. The van der Waals surface area contributed by atoms with Crippen LogP contribution in [0.1, 0.15) is 112 Å². The number of ether oxygens (including phenoxy) is 1. The summed E-state index contributed by atoms with van der Waals surface area (Å²) in [4.78, 5) is 17.6. The molecular formula is C35H57FN2O2. The van der Waals surface area contributed by atoms with Crippen LogP contribution in [0.15, 0.2) is 47.2 Å². The molecule has 1 saturated carbocycles. The SMILES string of the molecule is C=C(/N=C\C(=C/C)CC)N1CCC(C2CC2)CC1.CCCCC(C)CC.CCOc1ccc(CC(C)=O)c(F)c1. The van der Waals surface area contributed by atoms with Crippen molar-refractivity contribution in [3.63, 3.8) is 0 Å². The zero-order valence-electron chi connectivity index (χ0n) is 26.6. The highest BCUT2D eigenvalue weighted by Crippen LogP contribution is 2.42. The Balaban J connectivity index is 0.000000324. The van der Waals surface area contributed by atoms with Crippen molar-refractivity contribution in [2.45, 2.75) is 113 Å². The first-order chi connectivity index (χ1) is 19.2. The first-order valence-electron chi connectivity index (χ1n) is 15.7. The summed E-state index contributed by atoms with van der Waals surface area (Å²) in [6.07, 6.45) is 16.4. The maximum absolute atomic E-state index is 13.3. The number of piperidine rings is 1. The van der Waals surface area contributed by atoms with Crippen molar-refractivity contribution >= 4 is 12.0 Å². The number of rotatable bonds is 13. The highest BCUT2D eigenvalue weighted by atomic mass is 19.1. The standard InChI is InChI=1S/C16H26N2.C11H13FO2.C8H18/c1-4-14(5-2)12-17-13(3)18-10-8-16(9-11-18)15-6-7-15;1-3-14-10-5-4-9(6-8(2)13)11(12)7-10;1-4-6-7-8(3)5-2/h4,12,15-16H,3,5-11H2,1-2H3;4-5,7H,3,6H2,1-2H3;8H,4-7H2,1-3H3/b14-4-,17-12-;;. The smallest absolute Gasteiger partial charge is 0.134 e. The fraction of sp³-hybridized carbons (Fsp3) is 0.657. The third kappa shape index (κ3) is 14.8. The molecule has 0 amide bonds. The largest absolute Gasteiger partial charge is 0.494 e. The molecule has 226 valence electrons. The van der Waals surface area contributed by atoms with Gasteiger partial charge in [-0.15, -0.1) is 0 Å². The van der Waals surface area contributed by atoms with Gasteiger partial charge in [-0.1, -0.05) is 72.1 Å². The van der Waals surface area contributed by atoms with Crippen LogP contribution >= 0.6 is 0 Å². The predicted molar refractivity (Wildman–Crippen MR) is 170 cm³/mol. The van der Waals surface area contributed by atoms with Crippen molar-refractivity contribution in [2.75, 3.05) is 19.7 Å². The molecule has 1 heterocycles. The number of carbonyl (C=O) groups is 1. The number of unbranched alkanes of at least 4 members (excludes halogenated alkanes) is 1. The summed E-state index contributed by atoms with van der Waals surface area (Å²) in [5.74, 6) is 4.00. The summed E-state index contributed by atoms with van der Waals surface area (Å²) in [5.41, 5.74) is 1.70. The van der Waals surface area contributed by atoms with E-state index in [0.717, 1.165) is 43.1 Å². The molecule has 2 aliphatic rings. The lowest BCUT2D eigenvalue weighted by Crippen LogP contribution is -2.33. The molecule has 4 nitrogen and oxygen atoms in total.